The van der Waals surface area contributed by atoms with E-state index in [1.54, 1.807) is 0 Å². The van der Waals surface area contributed by atoms with E-state index >= 15 is 0 Å². The van der Waals surface area contributed by atoms with Gasteiger partial charge in [-0.3, -0.25) is 4.79 Å². The molecule has 108 valence electrons. The number of fused-ring (bicyclic) bond motifs is 1. The van der Waals surface area contributed by atoms with Crippen LogP contribution in [0.1, 0.15) is 43.1 Å². The minimum absolute atomic E-state index is 0.0213. The van der Waals surface area contributed by atoms with Gasteiger partial charge in [0.25, 0.3) is 0 Å². The van der Waals surface area contributed by atoms with Crippen LogP contribution in [0.5, 0.6) is 5.75 Å². The fourth-order valence-corrected chi connectivity index (χ4v) is 3.48. The molecular formula is C17H22O3. The molecule has 4 atom stereocenters. The molecule has 1 aromatic rings. The van der Waals surface area contributed by atoms with E-state index in [0.717, 1.165) is 29.7 Å². The monoisotopic (exact) mass is 274 g/mol. The average molecular weight is 274 g/mol. The van der Waals surface area contributed by atoms with Crippen LogP contribution in [0.3, 0.4) is 0 Å². The molecule has 0 bridgehead atoms. The average Bonchev–Trinajstić information content (AvgIpc) is 2.71. The molecule has 1 saturated heterocycles. The first-order valence-electron chi connectivity index (χ1n) is 7.54. The van der Waals surface area contributed by atoms with E-state index in [9.17, 15) is 4.79 Å². The van der Waals surface area contributed by atoms with Crippen LogP contribution in [-0.2, 0) is 11.2 Å². The second-order valence-corrected chi connectivity index (χ2v) is 6.04. The van der Waals surface area contributed by atoms with Crippen molar-refractivity contribution in [3.63, 3.8) is 0 Å². The van der Waals surface area contributed by atoms with Gasteiger partial charge in [-0.15, -0.1) is 0 Å². The Bertz CT molecular complexity index is 523. The topological polar surface area (TPSA) is 35.5 Å². The van der Waals surface area contributed by atoms with Crippen molar-refractivity contribution in [2.75, 3.05) is 6.61 Å². The zero-order valence-electron chi connectivity index (χ0n) is 12.4. The Morgan fingerprint density at radius 3 is 2.70 bits per heavy atom. The van der Waals surface area contributed by atoms with Crippen LogP contribution in [-0.4, -0.2) is 24.6 Å². The summed E-state index contributed by atoms with van der Waals surface area (Å²) in [5.41, 5.74) is 1.90. The molecule has 2 aliphatic rings. The van der Waals surface area contributed by atoms with Crippen molar-refractivity contribution in [3.8, 4) is 5.75 Å². The number of aryl methyl sites for hydroxylation is 1. The van der Waals surface area contributed by atoms with Crippen LogP contribution >= 0.6 is 0 Å². The number of Topliss-reactive ketones (excluding diaryl/α,β-unsaturated/α-hetero) is 1. The van der Waals surface area contributed by atoms with Gasteiger partial charge < -0.3 is 9.47 Å². The Hall–Kier alpha value is -1.35. The normalized spacial score (nSPS) is 32.5. The van der Waals surface area contributed by atoms with Crippen LogP contribution in [0.2, 0.25) is 0 Å². The number of benzene rings is 1. The van der Waals surface area contributed by atoms with Crippen LogP contribution in [0.25, 0.3) is 0 Å². The third kappa shape index (κ3) is 2.14. The van der Waals surface area contributed by atoms with Crippen molar-refractivity contribution in [1.82, 2.24) is 0 Å². The first-order chi connectivity index (χ1) is 9.59. The quantitative estimate of drug-likeness (QED) is 0.777. The number of hydrogen-bond acceptors (Lipinski definition) is 3. The highest BCUT2D eigenvalue weighted by Gasteiger charge is 2.42. The Morgan fingerprint density at radius 1 is 1.20 bits per heavy atom. The van der Waals surface area contributed by atoms with Gasteiger partial charge in [0.15, 0.2) is 5.78 Å². The Balaban J connectivity index is 1.95. The van der Waals surface area contributed by atoms with Gasteiger partial charge in [-0.2, -0.15) is 0 Å². The molecule has 2 heterocycles. The third-order valence-electron chi connectivity index (χ3n) is 4.74. The van der Waals surface area contributed by atoms with Crippen LogP contribution in [0, 0.1) is 11.8 Å². The van der Waals surface area contributed by atoms with Gasteiger partial charge in [-0.1, -0.05) is 19.1 Å². The number of rotatable bonds is 2. The summed E-state index contributed by atoms with van der Waals surface area (Å²) in [6, 6.07) is 5.93. The molecular weight excluding hydrogens is 252 g/mol. The van der Waals surface area contributed by atoms with Crippen molar-refractivity contribution in [3.05, 3.63) is 29.3 Å². The van der Waals surface area contributed by atoms with Gasteiger partial charge in [0.2, 0.25) is 0 Å². The van der Waals surface area contributed by atoms with Crippen molar-refractivity contribution in [1.29, 1.82) is 0 Å². The smallest absolute Gasteiger partial charge is 0.172 e. The molecule has 2 aliphatic heterocycles. The maximum absolute atomic E-state index is 12.9. The van der Waals surface area contributed by atoms with E-state index in [4.69, 9.17) is 9.47 Å². The second-order valence-electron chi connectivity index (χ2n) is 6.04. The molecule has 0 aromatic heterocycles. The number of carbonyl (C=O) groups excluding carboxylic acids is 1. The summed E-state index contributed by atoms with van der Waals surface area (Å²) in [5.74, 6) is 1.16. The summed E-state index contributed by atoms with van der Waals surface area (Å²) in [7, 11) is 0. The van der Waals surface area contributed by atoms with Crippen LogP contribution in [0.4, 0.5) is 0 Å². The first kappa shape index (κ1) is 13.6. The maximum Gasteiger partial charge on any atom is 0.172 e. The molecule has 0 amide bonds. The molecule has 20 heavy (non-hydrogen) atoms. The molecule has 4 unspecified atom stereocenters. The highest BCUT2D eigenvalue weighted by atomic mass is 16.5. The summed E-state index contributed by atoms with van der Waals surface area (Å²) >= 11 is 0. The lowest BCUT2D eigenvalue weighted by molar-refractivity contribution is 0.0490. The highest BCUT2D eigenvalue weighted by molar-refractivity contribution is 6.01. The lowest BCUT2D eigenvalue weighted by Crippen LogP contribution is -2.28. The summed E-state index contributed by atoms with van der Waals surface area (Å²) in [4.78, 5) is 12.9. The van der Waals surface area contributed by atoms with Gasteiger partial charge in [0, 0.05) is 0 Å². The lowest BCUT2D eigenvalue weighted by Gasteiger charge is -2.23. The Labute approximate surface area is 120 Å². The molecule has 0 spiro atoms. The molecule has 1 aromatic carbocycles. The Kier molecular flexibility index (Phi) is 3.55. The van der Waals surface area contributed by atoms with E-state index in [1.165, 1.54) is 0 Å². The van der Waals surface area contributed by atoms with Gasteiger partial charge in [0.1, 0.15) is 5.75 Å². The zero-order valence-corrected chi connectivity index (χ0v) is 12.4. The molecule has 0 radical (unpaired) electrons. The summed E-state index contributed by atoms with van der Waals surface area (Å²) in [6.07, 6.45) is 2.14. The molecule has 0 aliphatic carbocycles. The number of para-hydroxylation sites is 1. The van der Waals surface area contributed by atoms with Gasteiger partial charge in [-0.05, 0) is 44.2 Å². The molecule has 0 saturated carbocycles. The molecule has 3 heteroatoms. The van der Waals surface area contributed by atoms with Crippen molar-refractivity contribution >= 4 is 5.78 Å². The predicted octanol–water partition coefficient (Wildman–Crippen LogP) is 3.25. The summed E-state index contributed by atoms with van der Waals surface area (Å²) in [6.45, 7) is 6.86. The van der Waals surface area contributed by atoms with E-state index in [0.29, 0.717) is 6.61 Å². The number of hydrogen-bond donors (Lipinski definition) is 0. The zero-order chi connectivity index (χ0) is 14.3. The highest BCUT2D eigenvalue weighted by Crippen LogP contribution is 2.38. The minimum atomic E-state index is -0.0676. The van der Waals surface area contributed by atoms with Crippen LogP contribution < -0.4 is 4.74 Å². The largest absolute Gasteiger partial charge is 0.493 e. The van der Waals surface area contributed by atoms with E-state index < -0.39 is 0 Å². The predicted molar refractivity (Wildman–Crippen MR) is 77.3 cm³/mol. The molecule has 1 fully saturated rings. The van der Waals surface area contributed by atoms with Crippen molar-refractivity contribution in [2.24, 2.45) is 11.8 Å². The Morgan fingerprint density at radius 2 is 2.00 bits per heavy atom. The fraction of sp³-hybridized carbons (Fsp3) is 0.588. The summed E-state index contributed by atoms with van der Waals surface area (Å²) in [5, 5.41) is 0. The molecule has 3 rings (SSSR count). The number of carbonyl (C=O) groups is 1. The standard InChI is InChI=1S/C17H22O3/c1-10-11(2)20-12(3)15(10)16(18)14-8-4-6-13-7-5-9-19-17(13)14/h4,6,8,10-12,15H,5,7,9H2,1-3H3. The SMILES string of the molecule is CC1OC(C)C(C(=O)c2cccc3c2OCCC3)C1C. The molecule has 3 nitrogen and oxygen atoms in total. The van der Waals surface area contributed by atoms with Crippen molar-refractivity contribution in [2.45, 2.75) is 45.8 Å². The van der Waals surface area contributed by atoms with Gasteiger partial charge in [-0.25, -0.2) is 0 Å². The third-order valence-corrected chi connectivity index (χ3v) is 4.74. The minimum Gasteiger partial charge on any atom is -0.493 e. The van der Waals surface area contributed by atoms with Gasteiger partial charge >= 0.3 is 0 Å². The summed E-state index contributed by atoms with van der Waals surface area (Å²) < 4.78 is 11.6. The van der Waals surface area contributed by atoms with E-state index in [2.05, 4.69) is 13.0 Å². The van der Waals surface area contributed by atoms with E-state index in [-0.39, 0.29) is 29.8 Å². The molecule has 0 N–H and O–H groups in total. The lowest BCUT2D eigenvalue weighted by atomic mass is 9.82. The van der Waals surface area contributed by atoms with Crippen LogP contribution in [0.15, 0.2) is 18.2 Å². The van der Waals surface area contributed by atoms with Crippen molar-refractivity contribution < 1.29 is 14.3 Å². The number of ketones is 1. The number of ether oxygens (including phenoxy) is 2. The van der Waals surface area contributed by atoms with Gasteiger partial charge in [0.05, 0.1) is 30.3 Å². The maximum atomic E-state index is 12.9. The second kappa shape index (κ2) is 5.21. The van der Waals surface area contributed by atoms with E-state index in [1.807, 2.05) is 26.0 Å². The first-order valence-corrected chi connectivity index (χ1v) is 7.54. The fourth-order valence-electron chi connectivity index (χ4n) is 3.48.